The van der Waals surface area contributed by atoms with E-state index in [9.17, 15) is 38.8 Å². The van der Waals surface area contributed by atoms with Crippen LogP contribution < -0.4 is 10.2 Å². The van der Waals surface area contributed by atoms with E-state index in [1.807, 2.05) is 6.07 Å². The van der Waals surface area contributed by atoms with E-state index in [2.05, 4.69) is 5.32 Å². The lowest BCUT2D eigenvalue weighted by molar-refractivity contribution is -0.167. The molecule has 2 heterocycles. The molecular formula is C40H50N6O11. The van der Waals surface area contributed by atoms with Crippen molar-refractivity contribution in [3.05, 3.63) is 59.2 Å². The molecule has 0 unspecified atom stereocenters. The fraction of sp³-hybridized carbons (Fsp3) is 0.500. The number of ether oxygens (including phenoxy) is 4. The summed E-state index contributed by atoms with van der Waals surface area (Å²) in [4.78, 5) is 97.4. The number of carbonyl (C=O) groups excluding carboxylic acids is 7. The molecular weight excluding hydrogens is 740 g/mol. The Balaban J connectivity index is 1.55. The van der Waals surface area contributed by atoms with Crippen molar-refractivity contribution < 1.29 is 52.5 Å². The zero-order chi connectivity index (χ0) is 42.2. The smallest absolute Gasteiger partial charge is 0.420 e. The highest BCUT2D eigenvalue weighted by atomic mass is 16.6. The van der Waals surface area contributed by atoms with E-state index in [4.69, 9.17) is 18.9 Å². The largest absolute Gasteiger partial charge is 0.449 e. The molecule has 2 atom stereocenters. The number of nitrogens with one attached hydrogen (secondary N) is 1. The number of rotatable bonds is 10. The monoisotopic (exact) mass is 790 g/mol. The summed E-state index contributed by atoms with van der Waals surface area (Å²) < 4.78 is 21.9. The lowest BCUT2D eigenvalue weighted by atomic mass is 10.1. The van der Waals surface area contributed by atoms with Crippen LogP contribution in [0.3, 0.4) is 0 Å². The molecule has 2 aliphatic rings. The Morgan fingerprint density at radius 3 is 2.16 bits per heavy atom. The third kappa shape index (κ3) is 12.0. The number of morpholine rings is 1. The molecule has 6 amide bonds. The van der Waals surface area contributed by atoms with Crippen LogP contribution in [0.2, 0.25) is 0 Å². The Hall–Kier alpha value is -6.02. The predicted molar refractivity (Wildman–Crippen MR) is 205 cm³/mol. The molecule has 0 aromatic heterocycles. The number of esters is 1. The third-order valence-corrected chi connectivity index (χ3v) is 8.58. The van der Waals surface area contributed by atoms with Crippen molar-refractivity contribution in [1.82, 2.24) is 14.7 Å². The molecule has 2 saturated heterocycles. The summed E-state index contributed by atoms with van der Waals surface area (Å²) in [5.74, 6) is -3.14. The summed E-state index contributed by atoms with van der Waals surface area (Å²) in [5.41, 5.74) is -1.15. The van der Waals surface area contributed by atoms with Gasteiger partial charge in [-0.25, -0.2) is 14.5 Å². The second-order valence-corrected chi connectivity index (χ2v) is 15.6. The Bertz CT molecular complexity index is 1890. The number of hydrogen-bond acceptors (Lipinski definition) is 12. The normalized spacial score (nSPS) is 16.2. The number of likely N-dealkylation sites (tertiary alicyclic amines) is 1. The molecule has 0 saturated carbocycles. The molecule has 2 aromatic rings. The topological polar surface area (TPSA) is 205 Å². The van der Waals surface area contributed by atoms with Crippen molar-refractivity contribution >= 4 is 53.2 Å². The Labute approximate surface area is 331 Å². The third-order valence-electron chi connectivity index (χ3n) is 8.58. The van der Waals surface area contributed by atoms with Crippen molar-refractivity contribution in [3.8, 4) is 6.07 Å². The van der Waals surface area contributed by atoms with Gasteiger partial charge in [0.2, 0.25) is 12.0 Å². The van der Waals surface area contributed by atoms with E-state index in [1.165, 1.54) is 41.1 Å². The summed E-state index contributed by atoms with van der Waals surface area (Å²) in [6.45, 7) is 11.5. The highest BCUT2D eigenvalue weighted by Gasteiger charge is 2.43. The van der Waals surface area contributed by atoms with Gasteiger partial charge in [0.1, 0.15) is 11.2 Å². The van der Waals surface area contributed by atoms with Gasteiger partial charge in [0, 0.05) is 50.5 Å². The minimum absolute atomic E-state index is 0.0510. The molecule has 2 aromatic carbocycles. The number of nitrogens with zero attached hydrogens (tertiary/aromatic N) is 5. The number of amides is 6. The van der Waals surface area contributed by atoms with E-state index in [1.54, 1.807) is 64.6 Å². The molecule has 0 radical (unpaired) electrons. The fourth-order valence-corrected chi connectivity index (χ4v) is 6.01. The summed E-state index contributed by atoms with van der Waals surface area (Å²) >= 11 is 0. The summed E-state index contributed by atoms with van der Waals surface area (Å²) in [7, 11) is 1.52. The van der Waals surface area contributed by atoms with Gasteiger partial charge in [-0.3, -0.25) is 24.0 Å². The number of likely N-dealkylation sites (N-methyl/N-ethyl adjacent to an activating group) is 1. The van der Waals surface area contributed by atoms with Gasteiger partial charge in [0.15, 0.2) is 6.10 Å². The van der Waals surface area contributed by atoms with Crippen molar-refractivity contribution in [2.45, 2.75) is 91.3 Å². The van der Waals surface area contributed by atoms with Gasteiger partial charge >= 0.3 is 18.2 Å². The second-order valence-electron chi connectivity index (χ2n) is 15.6. The van der Waals surface area contributed by atoms with Crippen LogP contribution in [0.5, 0.6) is 0 Å². The number of benzene rings is 2. The standard InChI is InChI=1S/C40H50N6O11/c1-25(47)55-32(33-36(51)45(18-19-54-33)30-13-11-12-26(21-30)35(50)43(8)24-31(48)44-16-9-10-17-44)34(49)42-29-15-14-27(22-41)28(20-29)23-46(37(52)56-39(2,3)4)38(53)57-40(5,6)7/h11-15,20-21,32-33H,9-10,16-19,23-24H2,1-8H3,(H,42,49)/t32-,33-/m1/s1. The van der Waals surface area contributed by atoms with Crippen molar-refractivity contribution in [1.29, 1.82) is 5.26 Å². The van der Waals surface area contributed by atoms with Gasteiger partial charge in [-0.2, -0.15) is 5.26 Å². The average Bonchev–Trinajstić information content (AvgIpc) is 3.67. The first-order valence-corrected chi connectivity index (χ1v) is 18.5. The number of hydrogen-bond donors (Lipinski definition) is 1. The zero-order valence-electron chi connectivity index (χ0n) is 33.6. The lowest BCUT2D eigenvalue weighted by Gasteiger charge is -2.35. The maximum atomic E-state index is 14.0. The number of anilines is 2. The van der Waals surface area contributed by atoms with E-state index in [-0.39, 0.29) is 48.0 Å². The summed E-state index contributed by atoms with van der Waals surface area (Å²) in [6.07, 6.45) is -3.61. The van der Waals surface area contributed by atoms with Crippen LogP contribution in [0.15, 0.2) is 42.5 Å². The van der Waals surface area contributed by atoms with Gasteiger partial charge < -0.3 is 39.0 Å². The van der Waals surface area contributed by atoms with Crippen LogP contribution in [-0.2, 0) is 44.7 Å². The average molecular weight is 791 g/mol. The second kappa shape index (κ2) is 18.3. The SMILES string of the molecule is CC(=O)O[C@@H](C(=O)Nc1ccc(C#N)c(CN(C(=O)OC(C)(C)C)C(=O)OC(C)(C)C)c1)[C@H]1OCCN(c2cccc(C(=O)N(C)CC(=O)N3CCCC3)c2)C1=O. The molecule has 0 spiro atoms. The molecule has 17 nitrogen and oxygen atoms in total. The summed E-state index contributed by atoms with van der Waals surface area (Å²) in [6, 6.07) is 12.3. The van der Waals surface area contributed by atoms with Crippen molar-refractivity contribution in [2.75, 3.05) is 50.1 Å². The first-order valence-electron chi connectivity index (χ1n) is 18.5. The maximum absolute atomic E-state index is 14.0. The summed E-state index contributed by atoms with van der Waals surface area (Å²) in [5, 5.41) is 12.5. The lowest BCUT2D eigenvalue weighted by Crippen LogP contribution is -2.56. The van der Waals surface area contributed by atoms with E-state index in [0.29, 0.717) is 23.7 Å². The minimum Gasteiger partial charge on any atom is -0.449 e. The first kappa shape index (κ1) is 43.7. The number of nitriles is 1. The Morgan fingerprint density at radius 1 is 0.947 bits per heavy atom. The number of carbonyl (C=O) groups is 7. The fourth-order valence-electron chi connectivity index (χ4n) is 6.01. The predicted octanol–water partition coefficient (Wildman–Crippen LogP) is 4.23. The van der Waals surface area contributed by atoms with E-state index < -0.39 is 65.8 Å². The van der Waals surface area contributed by atoms with Gasteiger partial charge in [0.25, 0.3) is 17.7 Å². The van der Waals surface area contributed by atoms with Crippen LogP contribution >= 0.6 is 0 Å². The Kier molecular flexibility index (Phi) is 14.0. The molecule has 1 N–H and O–H groups in total. The highest BCUT2D eigenvalue weighted by molar-refractivity contribution is 6.05. The van der Waals surface area contributed by atoms with Gasteiger partial charge in [-0.1, -0.05) is 6.07 Å². The minimum atomic E-state index is -1.79. The van der Waals surface area contributed by atoms with Crippen molar-refractivity contribution in [2.24, 2.45) is 0 Å². The van der Waals surface area contributed by atoms with Crippen LogP contribution in [0, 0.1) is 11.3 Å². The maximum Gasteiger partial charge on any atom is 0.420 e. The van der Waals surface area contributed by atoms with Crippen molar-refractivity contribution in [3.63, 3.8) is 0 Å². The molecule has 57 heavy (non-hydrogen) atoms. The van der Waals surface area contributed by atoms with E-state index in [0.717, 1.165) is 19.8 Å². The van der Waals surface area contributed by atoms with Crippen LogP contribution in [0.1, 0.15) is 82.8 Å². The number of imide groups is 1. The zero-order valence-corrected chi connectivity index (χ0v) is 33.6. The molecule has 306 valence electrons. The molecule has 2 aliphatic heterocycles. The van der Waals surface area contributed by atoms with Gasteiger partial charge in [-0.15, -0.1) is 0 Å². The Morgan fingerprint density at radius 2 is 1.58 bits per heavy atom. The van der Waals surface area contributed by atoms with Crippen LogP contribution in [-0.4, -0.2) is 120 Å². The van der Waals surface area contributed by atoms with Crippen LogP contribution in [0.25, 0.3) is 0 Å². The molecule has 17 heteroatoms. The molecule has 4 rings (SSSR count). The first-order chi connectivity index (χ1) is 26.7. The molecule has 0 bridgehead atoms. The highest BCUT2D eigenvalue weighted by Crippen LogP contribution is 2.26. The van der Waals surface area contributed by atoms with E-state index >= 15 is 0 Å². The quantitative estimate of drug-likeness (QED) is 0.265. The van der Waals surface area contributed by atoms with Crippen LogP contribution in [0.4, 0.5) is 21.0 Å². The van der Waals surface area contributed by atoms with Gasteiger partial charge in [-0.05, 0) is 96.3 Å². The van der Waals surface area contributed by atoms with Gasteiger partial charge in [0.05, 0.1) is 31.3 Å². The molecule has 2 fully saturated rings. The molecule has 0 aliphatic carbocycles.